The van der Waals surface area contributed by atoms with Gasteiger partial charge in [0, 0.05) is 12.0 Å². The molecule has 0 aliphatic heterocycles. The zero-order chi connectivity index (χ0) is 13.2. The van der Waals surface area contributed by atoms with Gasteiger partial charge in [-0.1, -0.05) is 18.2 Å². The third-order valence-corrected chi connectivity index (χ3v) is 3.43. The summed E-state index contributed by atoms with van der Waals surface area (Å²) in [4.78, 5) is 11.2. The molecule has 1 aliphatic carbocycles. The van der Waals surface area contributed by atoms with Crippen LogP contribution in [0.3, 0.4) is 0 Å². The van der Waals surface area contributed by atoms with Crippen molar-refractivity contribution in [3.05, 3.63) is 29.8 Å². The van der Waals surface area contributed by atoms with Crippen LogP contribution >= 0.6 is 0 Å². The van der Waals surface area contributed by atoms with Crippen molar-refractivity contribution < 1.29 is 14.6 Å². The number of carbonyl (C=O) groups is 1. The SMILES string of the molecule is NC(=O)C1(N)CCC(Oc2ccccc2CO)C1. The van der Waals surface area contributed by atoms with Gasteiger partial charge in [-0.25, -0.2) is 0 Å². The van der Waals surface area contributed by atoms with Crippen LogP contribution in [0, 0.1) is 0 Å². The normalized spacial score (nSPS) is 27.1. The molecule has 1 saturated carbocycles. The van der Waals surface area contributed by atoms with Gasteiger partial charge in [-0.3, -0.25) is 4.79 Å². The van der Waals surface area contributed by atoms with Crippen molar-refractivity contribution in [2.24, 2.45) is 11.5 Å². The number of aliphatic hydroxyl groups is 1. The van der Waals surface area contributed by atoms with E-state index in [1.54, 1.807) is 12.1 Å². The molecule has 0 bridgehead atoms. The maximum absolute atomic E-state index is 11.2. The van der Waals surface area contributed by atoms with Gasteiger partial charge in [-0.05, 0) is 18.9 Å². The molecule has 0 saturated heterocycles. The molecule has 2 atom stereocenters. The fraction of sp³-hybridized carbons (Fsp3) is 0.462. The van der Waals surface area contributed by atoms with E-state index in [-0.39, 0.29) is 12.7 Å². The van der Waals surface area contributed by atoms with E-state index in [1.807, 2.05) is 12.1 Å². The number of aliphatic hydroxyl groups excluding tert-OH is 1. The van der Waals surface area contributed by atoms with Crippen LogP contribution in [0.15, 0.2) is 24.3 Å². The Kier molecular flexibility index (Phi) is 3.54. The molecule has 98 valence electrons. The predicted molar refractivity (Wildman–Crippen MR) is 66.7 cm³/mol. The van der Waals surface area contributed by atoms with Crippen LogP contribution in [0.5, 0.6) is 5.75 Å². The second-order valence-corrected chi connectivity index (χ2v) is 4.77. The van der Waals surface area contributed by atoms with Crippen LogP contribution in [0.1, 0.15) is 24.8 Å². The molecule has 5 N–H and O–H groups in total. The highest BCUT2D eigenvalue weighted by molar-refractivity contribution is 5.84. The van der Waals surface area contributed by atoms with E-state index >= 15 is 0 Å². The maximum atomic E-state index is 11.2. The number of ether oxygens (including phenoxy) is 1. The maximum Gasteiger partial charge on any atom is 0.237 e. The Hall–Kier alpha value is -1.59. The number of rotatable bonds is 4. The van der Waals surface area contributed by atoms with Crippen molar-refractivity contribution in [3.8, 4) is 5.75 Å². The van der Waals surface area contributed by atoms with Gasteiger partial charge in [0.25, 0.3) is 0 Å². The summed E-state index contributed by atoms with van der Waals surface area (Å²) in [7, 11) is 0. The van der Waals surface area contributed by atoms with E-state index in [2.05, 4.69) is 0 Å². The second kappa shape index (κ2) is 4.96. The molecule has 0 aromatic heterocycles. The predicted octanol–water partition coefficient (Wildman–Crippen LogP) is 0.293. The molecule has 2 rings (SSSR count). The number of hydrogen-bond donors (Lipinski definition) is 3. The van der Waals surface area contributed by atoms with Gasteiger partial charge >= 0.3 is 0 Å². The number of primary amides is 1. The first-order valence-electron chi connectivity index (χ1n) is 5.99. The Labute approximate surface area is 106 Å². The molecule has 1 aromatic carbocycles. The van der Waals surface area contributed by atoms with Crippen LogP contribution in [0.25, 0.3) is 0 Å². The van der Waals surface area contributed by atoms with Gasteiger partial charge in [-0.15, -0.1) is 0 Å². The first-order chi connectivity index (χ1) is 8.55. The molecule has 5 nitrogen and oxygen atoms in total. The van der Waals surface area contributed by atoms with Gasteiger partial charge in [0.2, 0.25) is 5.91 Å². The highest BCUT2D eigenvalue weighted by Gasteiger charge is 2.41. The minimum Gasteiger partial charge on any atom is -0.490 e. The van der Waals surface area contributed by atoms with E-state index in [9.17, 15) is 9.90 Å². The fourth-order valence-corrected chi connectivity index (χ4v) is 2.28. The summed E-state index contributed by atoms with van der Waals surface area (Å²) in [5, 5.41) is 9.20. The molecule has 1 amide bonds. The molecule has 1 aliphatic rings. The van der Waals surface area contributed by atoms with E-state index < -0.39 is 11.4 Å². The molecular weight excluding hydrogens is 232 g/mol. The minimum absolute atomic E-state index is 0.0769. The molecule has 1 aromatic rings. The van der Waals surface area contributed by atoms with Gasteiger partial charge in [-0.2, -0.15) is 0 Å². The first kappa shape index (κ1) is 12.9. The Morgan fingerprint density at radius 1 is 1.50 bits per heavy atom. The Bertz CT molecular complexity index is 450. The van der Waals surface area contributed by atoms with Crippen molar-refractivity contribution in [1.82, 2.24) is 0 Å². The Morgan fingerprint density at radius 3 is 2.83 bits per heavy atom. The average Bonchev–Trinajstić information content (AvgIpc) is 2.73. The fourth-order valence-electron chi connectivity index (χ4n) is 2.28. The lowest BCUT2D eigenvalue weighted by Gasteiger charge is -2.20. The summed E-state index contributed by atoms with van der Waals surface area (Å²) >= 11 is 0. The van der Waals surface area contributed by atoms with E-state index in [0.29, 0.717) is 25.0 Å². The summed E-state index contributed by atoms with van der Waals surface area (Å²) < 4.78 is 5.80. The summed E-state index contributed by atoms with van der Waals surface area (Å²) in [6, 6.07) is 7.28. The van der Waals surface area contributed by atoms with Crippen molar-refractivity contribution in [1.29, 1.82) is 0 Å². The highest BCUT2D eigenvalue weighted by atomic mass is 16.5. The summed E-state index contributed by atoms with van der Waals surface area (Å²) in [6.45, 7) is -0.0769. The molecule has 0 spiro atoms. The molecule has 0 heterocycles. The minimum atomic E-state index is -0.959. The Morgan fingerprint density at radius 2 is 2.22 bits per heavy atom. The molecule has 1 fully saturated rings. The monoisotopic (exact) mass is 250 g/mol. The van der Waals surface area contributed by atoms with Gasteiger partial charge in [0.15, 0.2) is 0 Å². The average molecular weight is 250 g/mol. The summed E-state index contributed by atoms with van der Waals surface area (Å²) in [5.41, 5.74) is 11.0. The largest absolute Gasteiger partial charge is 0.490 e. The number of para-hydroxylation sites is 1. The number of carbonyl (C=O) groups excluding carboxylic acids is 1. The molecule has 2 unspecified atom stereocenters. The van der Waals surface area contributed by atoms with Gasteiger partial charge in [0.05, 0.1) is 12.1 Å². The lowest BCUT2D eigenvalue weighted by Crippen LogP contribution is -2.50. The van der Waals surface area contributed by atoms with Gasteiger partial charge in [0.1, 0.15) is 11.9 Å². The van der Waals surface area contributed by atoms with E-state index in [1.165, 1.54) is 0 Å². The third kappa shape index (κ3) is 2.47. The van der Waals surface area contributed by atoms with Crippen LogP contribution in [0.4, 0.5) is 0 Å². The molecule has 18 heavy (non-hydrogen) atoms. The van der Waals surface area contributed by atoms with Crippen LogP contribution in [-0.4, -0.2) is 22.7 Å². The smallest absolute Gasteiger partial charge is 0.237 e. The van der Waals surface area contributed by atoms with E-state index in [4.69, 9.17) is 16.2 Å². The zero-order valence-electron chi connectivity index (χ0n) is 10.1. The van der Waals surface area contributed by atoms with Crippen LogP contribution < -0.4 is 16.2 Å². The molecular formula is C13H18N2O3. The van der Waals surface area contributed by atoms with Gasteiger partial charge < -0.3 is 21.3 Å². The summed E-state index contributed by atoms with van der Waals surface area (Å²) in [6.07, 6.45) is 1.52. The van der Waals surface area contributed by atoms with E-state index in [0.717, 1.165) is 5.56 Å². The summed E-state index contributed by atoms with van der Waals surface area (Å²) in [5.74, 6) is 0.155. The van der Waals surface area contributed by atoms with Crippen LogP contribution in [-0.2, 0) is 11.4 Å². The Balaban J connectivity index is 2.06. The van der Waals surface area contributed by atoms with Crippen molar-refractivity contribution in [2.75, 3.05) is 0 Å². The lowest BCUT2D eigenvalue weighted by molar-refractivity contribution is -0.123. The van der Waals surface area contributed by atoms with Crippen LogP contribution in [0.2, 0.25) is 0 Å². The molecule has 5 heteroatoms. The zero-order valence-corrected chi connectivity index (χ0v) is 10.1. The standard InChI is InChI=1S/C13H18N2O3/c14-12(17)13(15)6-5-10(7-13)18-11-4-2-1-3-9(11)8-16/h1-4,10,16H,5-8,15H2,(H2,14,17). The number of nitrogens with two attached hydrogens (primary N) is 2. The lowest BCUT2D eigenvalue weighted by atomic mass is 9.99. The number of benzene rings is 1. The van der Waals surface area contributed by atoms with Crippen molar-refractivity contribution >= 4 is 5.91 Å². The quantitative estimate of drug-likeness (QED) is 0.715. The number of hydrogen-bond acceptors (Lipinski definition) is 4. The highest BCUT2D eigenvalue weighted by Crippen LogP contribution is 2.31. The number of amides is 1. The topological polar surface area (TPSA) is 98.6 Å². The molecule has 0 radical (unpaired) electrons. The third-order valence-electron chi connectivity index (χ3n) is 3.43. The second-order valence-electron chi connectivity index (χ2n) is 4.77. The van der Waals surface area contributed by atoms with Crippen molar-refractivity contribution in [2.45, 2.75) is 37.5 Å². The van der Waals surface area contributed by atoms with Crippen molar-refractivity contribution in [3.63, 3.8) is 0 Å². The first-order valence-corrected chi connectivity index (χ1v) is 5.99.